The molecule has 0 aliphatic carbocycles. The minimum absolute atomic E-state index is 0.553. The lowest BCUT2D eigenvalue weighted by molar-refractivity contribution is 0.669. The number of furan rings is 2. The summed E-state index contributed by atoms with van der Waals surface area (Å²) in [5.74, 6) is 1.76. The van der Waals surface area contributed by atoms with Crippen molar-refractivity contribution in [1.29, 1.82) is 0 Å². The minimum Gasteiger partial charge on any atom is -0.456 e. The van der Waals surface area contributed by atoms with E-state index in [1.54, 1.807) is 0 Å². The SMILES string of the molecule is c1ccc(-c2nc(-c3ccccc3)nc(-c3ccc(-c4cccc(-c5ccc6oc7ccccc7c6c5)c4)c4c3oc3cc5ccccc5cc34)n2)cc1. The molecule has 0 aliphatic heterocycles. The van der Waals surface area contributed by atoms with Crippen LogP contribution in [-0.2, 0) is 0 Å². The largest absolute Gasteiger partial charge is 0.456 e. The van der Waals surface area contributed by atoms with Gasteiger partial charge in [0.1, 0.15) is 22.3 Å². The Labute approximate surface area is 309 Å². The van der Waals surface area contributed by atoms with Gasteiger partial charge in [-0.05, 0) is 75.5 Å². The number of hydrogen-bond acceptors (Lipinski definition) is 5. The first-order chi connectivity index (χ1) is 26.7. The van der Waals surface area contributed by atoms with Crippen LogP contribution >= 0.6 is 0 Å². The quantitative estimate of drug-likeness (QED) is 0.180. The van der Waals surface area contributed by atoms with Gasteiger partial charge in [-0.3, -0.25) is 0 Å². The Balaban J connectivity index is 1.14. The summed E-state index contributed by atoms with van der Waals surface area (Å²) in [6.07, 6.45) is 0. The van der Waals surface area contributed by atoms with Crippen molar-refractivity contribution in [3.05, 3.63) is 176 Å². The van der Waals surface area contributed by atoms with Crippen molar-refractivity contribution in [2.75, 3.05) is 0 Å². The summed E-state index contributed by atoms with van der Waals surface area (Å²) in [4.78, 5) is 15.1. The summed E-state index contributed by atoms with van der Waals surface area (Å²) in [6, 6.07) is 60.5. The molecule has 0 saturated heterocycles. The molecule has 8 aromatic carbocycles. The predicted octanol–water partition coefficient (Wildman–Crippen LogP) is 13.2. The number of benzene rings is 8. The van der Waals surface area contributed by atoms with Gasteiger partial charge < -0.3 is 8.83 Å². The fourth-order valence-electron chi connectivity index (χ4n) is 7.68. The summed E-state index contributed by atoms with van der Waals surface area (Å²) in [5, 5.41) is 6.55. The molecule has 252 valence electrons. The van der Waals surface area contributed by atoms with E-state index in [2.05, 4.69) is 103 Å². The Morgan fingerprint density at radius 2 is 0.907 bits per heavy atom. The smallest absolute Gasteiger partial charge is 0.167 e. The van der Waals surface area contributed by atoms with E-state index in [-0.39, 0.29) is 0 Å². The van der Waals surface area contributed by atoms with E-state index in [1.165, 1.54) is 0 Å². The summed E-state index contributed by atoms with van der Waals surface area (Å²) in [7, 11) is 0. The van der Waals surface area contributed by atoms with Crippen LogP contribution in [0, 0.1) is 0 Å². The zero-order valence-electron chi connectivity index (χ0n) is 28.9. The van der Waals surface area contributed by atoms with Gasteiger partial charge in [0.2, 0.25) is 0 Å². The van der Waals surface area contributed by atoms with Crippen LogP contribution in [0.5, 0.6) is 0 Å². The standard InChI is InChI=1S/C49H29N3O2/c1-3-12-30(13-4-1)47-50-48(31-14-5-2-6-15-31)52-49(51-47)39-24-23-37(45-41-28-33-16-7-8-17-34(33)29-44(41)54-46(39)45)36-19-11-18-32(26-36)35-22-25-43-40(27-35)38-20-9-10-21-42(38)53-43/h1-29H. The zero-order chi connectivity index (χ0) is 35.6. The Morgan fingerprint density at radius 1 is 0.315 bits per heavy atom. The maximum absolute atomic E-state index is 6.88. The first-order valence-corrected chi connectivity index (χ1v) is 18.0. The van der Waals surface area contributed by atoms with Crippen LogP contribution in [-0.4, -0.2) is 15.0 Å². The van der Waals surface area contributed by atoms with Gasteiger partial charge in [-0.25, -0.2) is 15.0 Å². The molecule has 11 aromatic rings. The van der Waals surface area contributed by atoms with Crippen molar-refractivity contribution in [2.24, 2.45) is 0 Å². The molecular weight excluding hydrogens is 663 g/mol. The van der Waals surface area contributed by atoms with Crippen molar-refractivity contribution in [3.63, 3.8) is 0 Å². The van der Waals surface area contributed by atoms with Gasteiger partial charge in [0.15, 0.2) is 17.5 Å². The summed E-state index contributed by atoms with van der Waals surface area (Å²) >= 11 is 0. The highest BCUT2D eigenvalue weighted by Gasteiger charge is 2.21. The Hall–Kier alpha value is -7.37. The maximum atomic E-state index is 6.88. The molecule has 0 fully saturated rings. The molecule has 0 saturated carbocycles. The number of nitrogens with zero attached hydrogens (tertiary/aromatic N) is 3. The topological polar surface area (TPSA) is 65.0 Å². The van der Waals surface area contributed by atoms with Crippen molar-refractivity contribution >= 4 is 54.6 Å². The third-order valence-electron chi connectivity index (χ3n) is 10.3. The van der Waals surface area contributed by atoms with Gasteiger partial charge in [-0.2, -0.15) is 0 Å². The summed E-state index contributed by atoms with van der Waals surface area (Å²) in [5.41, 5.74) is 10.4. The van der Waals surface area contributed by atoms with Crippen molar-refractivity contribution in [2.45, 2.75) is 0 Å². The molecule has 11 rings (SSSR count). The van der Waals surface area contributed by atoms with Gasteiger partial charge in [-0.1, -0.05) is 133 Å². The second kappa shape index (κ2) is 12.1. The third kappa shape index (κ3) is 4.98. The molecule has 3 heterocycles. The fraction of sp³-hybridized carbons (Fsp3) is 0. The van der Waals surface area contributed by atoms with Crippen LogP contribution in [0.15, 0.2) is 185 Å². The molecule has 0 unspecified atom stereocenters. The van der Waals surface area contributed by atoms with Crippen molar-refractivity contribution in [1.82, 2.24) is 15.0 Å². The molecule has 3 aromatic heterocycles. The first-order valence-electron chi connectivity index (χ1n) is 18.0. The van der Waals surface area contributed by atoms with Crippen LogP contribution in [0.2, 0.25) is 0 Å². The Bertz CT molecular complexity index is 3160. The average molecular weight is 692 g/mol. The first kappa shape index (κ1) is 30.3. The lowest BCUT2D eigenvalue weighted by Crippen LogP contribution is -2.00. The number of hydrogen-bond donors (Lipinski definition) is 0. The molecule has 0 amide bonds. The number of fused-ring (bicyclic) bond motifs is 7. The predicted molar refractivity (Wildman–Crippen MR) is 219 cm³/mol. The van der Waals surface area contributed by atoms with E-state index in [9.17, 15) is 0 Å². The second-order valence-corrected chi connectivity index (χ2v) is 13.6. The highest BCUT2D eigenvalue weighted by molar-refractivity contribution is 6.18. The van der Waals surface area contributed by atoms with Crippen LogP contribution in [0.3, 0.4) is 0 Å². The second-order valence-electron chi connectivity index (χ2n) is 13.6. The van der Waals surface area contributed by atoms with Crippen LogP contribution in [0.25, 0.3) is 111 Å². The van der Waals surface area contributed by atoms with Gasteiger partial charge in [-0.15, -0.1) is 0 Å². The molecule has 0 spiro atoms. The lowest BCUT2D eigenvalue weighted by Gasteiger charge is -2.11. The normalized spacial score (nSPS) is 11.7. The van der Waals surface area contributed by atoms with E-state index < -0.39 is 0 Å². The number of rotatable bonds is 5. The summed E-state index contributed by atoms with van der Waals surface area (Å²) in [6.45, 7) is 0. The van der Waals surface area contributed by atoms with Gasteiger partial charge in [0.05, 0.1) is 5.56 Å². The molecule has 5 heteroatoms. The van der Waals surface area contributed by atoms with Crippen molar-refractivity contribution < 1.29 is 8.83 Å². The molecule has 0 aliphatic rings. The monoisotopic (exact) mass is 691 g/mol. The molecule has 54 heavy (non-hydrogen) atoms. The highest BCUT2D eigenvalue weighted by atomic mass is 16.3. The van der Waals surface area contributed by atoms with Gasteiger partial charge in [0, 0.05) is 32.7 Å². The Morgan fingerprint density at radius 3 is 1.69 bits per heavy atom. The van der Waals surface area contributed by atoms with Crippen LogP contribution in [0.1, 0.15) is 0 Å². The lowest BCUT2D eigenvalue weighted by atomic mass is 9.93. The van der Waals surface area contributed by atoms with E-state index in [1.807, 2.05) is 72.8 Å². The van der Waals surface area contributed by atoms with Crippen molar-refractivity contribution in [3.8, 4) is 56.4 Å². The molecule has 0 N–H and O–H groups in total. The fourth-order valence-corrected chi connectivity index (χ4v) is 7.68. The molecule has 0 atom stereocenters. The van der Waals surface area contributed by atoms with Crippen LogP contribution < -0.4 is 0 Å². The van der Waals surface area contributed by atoms with E-state index >= 15 is 0 Å². The average Bonchev–Trinajstić information content (AvgIpc) is 3.81. The third-order valence-corrected chi connectivity index (χ3v) is 10.3. The van der Waals surface area contributed by atoms with Crippen LogP contribution in [0.4, 0.5) is 0 Å². The minimum atomic E-state index is 0.553. The van der Waals surface area contributed by atoms with Gasteiger partial charge in [0.25, 0.3) is 0 Å². The molecule has 0 radical (unpaired) electrons. The summed E-state index contributed by atoms with van der Waals surface area (Å²) < 4.78 is 13.0. The highest BCUT2D eigenvalue weighted by Crippen LogP contribution is 2.43. The van der Waals surface area contributed by atoms with E-state index in [4.69, 9.17) is 23.8 Å². The number of aromatic nitrogens is 3. The maximum Gasteiger partial charge on any atom is 0.167 e. The number of para-hydroxylation sites is 1. The van der Waals surface area contributed by atoms with E-state index in [0.717, 1.165) is 93.6 Å². The molecule has 5 nitrogen and oxygen atoms in total. The zero-order valence-corrected chi connectivity index (χ0v) is 28.9. The molecular formula is C49H29N3O2. The molecule has 0 bridgehead atoms. The van der Waals surface area contributed by atoms with Gasteiger partial charge >= 0.3 is 0 Å². The van der Waals surface area contributed by atoms with E-state index in [0.29, 0.717) is 17.5 Å². The Kier molecular flexibility index (Phi) is 6.79.